The number of aliphatic hydroxyl groups is 1. The summed E-state index contributed by atoms with van der Waals surface area (Å²) in [6, 6.07) is 6.32. The highest BCUT2D eigenvalue weighted by Crippen LogP contribution is 2.61. The van der Waals surface area contributed by atoms with Crippen LogP contribution in [0.2, 0.25) is 5.02 Å². The Morgan fingerprint density at radius 2 is 1.85 bits per heavy atom. The summed E-state index contributed by atoms with van der Waals surface area (Å²) < 4.78 is -0.835. The van der Waals surface area contributed by atoms with Crippen molar-refractivity contribution in [3.05, 3.63) is 53.6 Å². The number of carbonyl (C=O) groups is 3. The predicted octanol–water partition coefficient (Wildman–Crippen LogP) is 1.95. The Bertz CT molecular complexity index is 1040. The molecule has 4 heterocycles. The number of aliphatic hydroxyl groups excluding tert-OH is 1. The summed E-state index contributed by atoms with van der Waals surface area (Å²) in [4.78, 5) is 46.1. The molecule has 1 spiro atoms. The van der Waals surface area contributed by atoms with E-state index in [2.05, 4.69) is 0 Å². The summed E-state index contributed by atoms with van der Waals surface area (Å²) in [5.41, 5.74) is 0.706. The maximum atomic E-state index is 14.1. The lowest BCUT2D eigenvalue weighted by atomic mass is 9.78. The van der Waals surface area contributed by atoms with Gasteiger partial charge in [0.25, 0.3) is 5.91 Å². The summed E-state index contributed by atoms with van der Waals surface area (Å²) >= 11 is 7.61. The Balaban J connectivity index is 1.61. The minimum Gasteiger partial charge on any atom is -0.396 e. The molecule has 0 aromatic heterocycles. The Hall–Kier alpha value is -2.29. The average Bonchev–Trinajstić information content (AvgIpc) is 3.12. The van der Waals surface area contributed by atoms with Gasteiger partial charge in [0.1, 0.15) is 6.04 Å². The molecule has 0 saturated carbocycles. The van der Waals surface area contributed by atoms with E-state index in [1.54, 1.807) is 57.8 Å². The quantitative estimate of drug-likeness (QED) is 0.656. The third kappa shape index (κ3) is 3.42. The molecule has 5 atom stereocenters. The third-order valence-corrected chi connectivity index (χ3v) is 9.05. The second-order valence-corrected chi connectivity index (χ2v) is 10.8. The number of hydrogen-bond donors (Lipinski definition) is 1. The summed E-state index contributed by atoms with van der Waals surface area (Å²) in [6.45, 7) is 1.07. The van der Waals surface area contributed by atoms with Crippen LogP contribution in [0.1, 0.15) is 6.42 Å². The van der Waals surface area contributed by atoms with Crippen molar-refractivity contribution in [2.24, 2.45) is 11.8 Å². The highest BCUT2D eigenvalue weighted by atomic mass is 35.5. The van der Waals surface area contributed by atoms with Gasteiger partial charge in [-0.05, 0) is 30.7 Å². The van der Waals surface area contributed by atoms with Gasteiger partial charge in [0.15, 0.2) is 0 Å². The van der Waals surface area contributed by atoms with Gasteiger partial charge in [-0.25, -0.2) is 0 Å². The molecule has 4 aliphatic rings. The predicted molar refractivity (Wildman–Crippen MR) is 128 cm³/mol. The lowest BCUT2D eigenvalue weighted by molar-refractivity contribution is -0.142. The minimum absolute atomic E-state index is 0.0601. The van der Waals surface area contributed by atoms with E-state index in [1.807, 2.05) is 24.3 Å². The molecule has 1 aromatic rings. The van der Waals surface area contributed by atoms with Crippen LogP contribution in [-0.4, -0.2) is 82.0 Å². The zero-order valence-electron chi connectivity index (χ0n) is 18.3. The van der Waals surface area contributed by atoms with Crippen LogP contribution in [0.5, 0.6) is 0 Å². The van der Waals surface area contributed by atoms with Crippen LogP contribution in [-0.2, 0) is 14.4 Å². The summed E-state index contributed by atoms with van der Waals surface area (Å²) in [7, 11) is 1.75. The monoisotopic (exact) mass is 487 g/mol. The molecule has 9 heteroatoms. The zero-order valence-corrected chi connectivity index (χ0v) is 19.8. The number of hydrogen-bond acceptors (Lipinski definition) is 5. The van der Waals surface area contributed by atoms with Gasteiger partial charge in [-0.15, -0.1) is 11.8 Å². The number of carbonyl (C=O) groups excluding carboxylic acids is 3. The molecule has 174 valence electrons. The van der Waals surface area contributed by atoms with E-state index in [-0.39, 0.29) is 36.1 Å². The van der Waals surface area contributed by atoms with E-state index in [9.17, 15) is 19.5 Å². The molecule has 2 fully saturated rings. The molecular formula is C24H26ClN3O4S. The lowest BCUT2D eigenvalue weighted by Crippen LogP contribution is -2.53. The Morgan fingerprint density at radius 3 is 2.58 bits per heavy atom. The largest absolute Gasteiger partial charge is 0.396 e. The van der Waals surface area contributed by atoms with Crippen molar-refractivity contribution in [1.82, 2.24) is 9.80 Å². The highest BCUT2D eigenvalue weighted by molar-refractivity contribution is 8.02. The summed E-state index contributed by atoms with van der Waals surface area (Å²) in [6.07, 6.45) is 8.30. The van der Waals surface area contributed by atoms with Gasteiger partial charge in [-0.2, -0.15) is 0 Å². The Kier molecular flexibility index (Phi) is 5.79. The first-order valence-electron chi connectivity index (χ1n) is 11.1. The minimum atomic E-state index is -0.835. The second kappa shape index (κ2) is 8.49. The number of halogens is 1. The highest BCUT2D eigenvalue weighted by Gasteiger charge is 2.70. The maximum absolute atomic E-state index is 14.1. The van der Waals surface area contributed by atoms with E-state index in [0.717, 1.165) is 0 Å². The molecule has 3 amide bonds. The summed E-state index contributed by atoms with van der Waals surface area (Å²) in [5.74, 6) is -1.56. The molecule has 2 saturated heterocycles. The molecule has 4 aliphatic heterocycles. The van der Waals surface area contributed by atoms with Crippen LogP contribution in [0.25, 0.3) is 0 Å². The van der Waals surface area contributed by atoms with Gasteiger partial charge in [0, 0.05) is 49.2 Å². The molecule has 1 N–H and O–H groups in total. The molecule has 1 aromatic carbocycles. The van der Waals surface area contributed by atoms with Crippen molar-refractivity contribution in [1.29, 1.82) is 0 Å². The number of fused-ring (bicyclic) bond motifs is 2. The van der Waals surface area contributed by atoms with Gasteiger partial charge in [-0.3, -0.25) is 14.4 Å². The number of nitrogens with zero attached hydrogens (tertiary/aromatic N) is 3. The standard InChI is InChI=1S/C24H26ClN3O4S/c1-26-11-2-5-17-18(21(26)30)19-22(31)28(13-4-14-29)20-23(32)27(12-3-10-24(19,20)33-17)16-8-6-15(25)7-9-16/h2-3,5-10,17-20,29H,4,11-14H2,1H3/t17-,18+,19+,20?,24+/m1/s1. The van der Waals surface area contributed by atoms with Crippen molar-refractivity contribution >= 4 is 46.8 Å². The normalized spacial score (nSPS) is 33.2. The zero-order chi connectivity index (χ0) is 23.3. The molecule has 7 nitrogen and oxygen atoms in total. The van der Waals surface area contributed by atoms with Crippen molar-refractivity contribution in [2.45, 2.75) is 22.5 Å². The van der Waals surface area contributed by atoms with Gasteiger partial charge in [-0.1, -0.05) is 35.9 Å². The van der Waals surface area contributed by atoms with Crippen molar-refractivity contribution in [3.63, 3.8) is 0 Å². The molecule has 5 rings (SSSR count). The number of anilines is 1. The Morgan fingerprint density at radius 1 is 1.09 bits per heavy atom. The lowest BCUT2D eigenvalue weighted by Gasteiger charge is -2.35. The fourth-order valence-electron chi connectivity index (χ4n) is 5.60. The van der Waals surface area contributed by atoms with Crippen molar-refractivity contribution in [2.75, 3.05) is 38.2 Å². The average molecular weight is 488 g/mol. The van der Waals surface area contributed by atoms with Crippen LogP contribution in [0, 0.1) is 11.8 Å². The van der Waals surface area contributed by atoms with Crippen LogP contribution in [0.4, 0.5) is 5.69 Å². The van der Waals surface area contributed by atoms with Gasteiger partial charge in [0.05, 0.1) is 16.6 Å². The smallest absolute Gasteiger partial charge is 0.251 e. The SMILES string of the molecule is CN1CC=C[C@H]2S[C@]34C=CCN(c5ccc(Cl)cc5)C(=O)C3N(CCCO)C(=O)[C@@H]4[C@H]2C1=O. The van der Waals surface area contributed by atoms with E-state index in [4.69, 9.17) is 11.6 Å². The summed E-state index contributed by atoms with van der Waals surface area (Å²) in [5, 5.41) is 9.86. The first-order valence-corrected chi connectivity index (χ1v) is 12.4. The number of likely N-dealkylation sites (N-methyl/N-ethyl adjacent to an activating group) is 1. The van der Waals surface area contributed by atoms with Crippen LogP contribution in [0.3, 0.4) is 0 Å². The van der Waals surface area contributed by atoms with E-state index in [1.165, 1.54) is 0 Å². The molecular weight excluding hydrogens is 462 g/mol. The fourth-order valence-corrected chi connectivity index (χ4v) is 7.73. The maximum Gasteiger partial charge on any atom is 0.251 e. The van der Waals surface area contributed by atoms with E-state index < -0.39 is 22.6 Å². The molecule has 33 heavy (non-hydrogen) atoms. The van der Waals surface area contributed by atoms with E-state index in [0.29, 0.717) is 30.2 Å². The first-order chi connectivity index (χ1) is 15.9. The molecule has 1 unspecified atom stereocenters. The topological polar surface area (TPSA) is 81.2 Å². The number of rotatable bonds is 4. The molecule has 0 radical (unpaired) electrons. The van der Waals surface area contributed by atoms with Crippen molar-refractivity contribution in [3.8, 4) is 0 Å². The van der Waals surface area contributed by atoms with Crippen LogP contribution in [0.15, 0.2) is 48.6 Å². The fraction of sp³-hybridized carbons (Fsp3) is 0.458. The third-order valence-electron chi connectivity index (χ3n) is 7.06. The molecule has 0 bridgehead atoms. The first kappa shape index (κ1) is 22.5. The van der Waals surface area contributed by atoms with Gasteiger partial charge in [0.2, 0.25) is 11.8 Å². The Labute approximate surface area is 202 Å². The van der Waals surface area contributed by atoms with Crippen LogP contribution < -0.4 is 4.90 Å². The number of thioether (sulfide) groups is 1. The molecule has 0 aliphatic carbocycles. The number of benzene rings is 1. The number of likely N-dealkylation sites (tertiary alicyclic amines) is 1. The van der Waals surface area contributed by atoms with Crippen molar-refractivity contribution < 1.29 is 19.5 Å². The van der Waals surface area contributed by atoms with Gasteiger partial charge >= 0.3 is 0 Å². The second-order valence-electron chi connectivity index (χ2n) is 8.93. The van der Waals surface area contributed by atoms with Crippen LogP contribution >= 0.6 is 23.4 Å². The van der Waals surface area contributed by atoms with E-state index >= 15 is 0 Å². The number of amides is 3. The van der Waals surface area contributed by atoms with Gasteiger partial charge < -0.3 is 19.8 Å².